The van der Waals surface area contributed by atoms with Gasteiger partial charge in [-0.15, -0.1) is 0 Å². The number of nitro groups is 1. The average Bonchev–Trinajstić information content (AvgIpc) is 3.47. The first kappa shape index (κ1) is 17.0. The third kappa shape index (κ3) is 2.95. The van der Waals surface area contributed by atoms with E-state index in [2.05, 4.69) is 0 Å². The van der Waals surface area contributed by atoms with Crippen LogP contribution in [0.3, 0.4) is 0 Å². The second kappa shape index (κ2) is 6.07. The molecule has 0 aromatic heterocycles. The van der Waals surface area contributed by atoms with Crippen LogP contribution in [0.15, 0.2) is 18.2 Å². The SMILES string of the molecule is Cc1cc([N+](=O)[O-])c(F)cc1C1=C[C@@H](C2CC2)N(C(=O)O)[C@@H](C2CC2)C1. The predicted molar refractivity (Wildman–Crippen MR) is 93.3 cm³/mol. The number of halogens is 1. The van der Waals surface area contributed by atoms with Crippen molar-refractivity contribution in [2.75, 3.05) is 0 Å². The van der Waals surface area contributed by atoms with Gasteiger partial charge in [0.2, 0.25) is 5.82 Å². The highest BCUT2D eigenvalue weighted by Crippen LogP contribution is 2.48. The van der Waals surface area contributed by atoms with Gasteiger partial charge in [0.25, 0.3) is 0 Å². The molecule has 7 heteroatoms. The Morgan fingerprint density at radius 1 is 1.27 bits per heavy atom. The summed E-state index contributed by atoms with van der Waals surface area (Å²) in [5, 5.41) is 20.7. The predicted octanol–water partition coefficient (Wildman–Crippen LogP) is 4.37. The highest BCUT2D eigenvalue weighted by atomic mass is 19.1. The van der Waals surface area contributed by atoms with Gasteiger partial charge < -0.3 is 5.11 Å². The first-order valence-electron chi connectivity index (χ1n) is 9.03. The smallest absolute Gasteiger partial charge is 0.408 e. The monoisotopic (exact) mass is 360 g/mol. The largest absolute Gasteiger partial charge is 0.465 e. The van der Waals surface area contributed by atoms with E-state index in [1.165, 1.54) is 12.1 Å². The fourth-order valence-electron chi connectivity index (χ4n) is 4.20. The maximum atomic E-state index is 14.2. The maximum Gasteiger partial charge on any atom is 0.408 e. The van der Waals surface area contributed by atoms with E-state index >= 15 is 0 Å². The van der Waals surface area contributed by atoms with Crippen LogP contribution in [0.1, 0.15) is 43.2 Å². The van der Waals surface area contributed by atoms with E-state index in [4.69, 9.17) is 0 Å². The first-order valence-corrected chi connectivity index (χ1v) is 9.03. The Hall–Kier alpha value is -2.44. The summed E-state index contributed by atoms with van der Waals surface area (Å²) in [7, 11) is 0. The summed E-state index contributed by atoms with van der Waals surface area (Å²) in [6, 6.07) is 2.24. The molecule has 2 aliphatic carbocycles. The van der Waals surface area contributed by atoms with Crippen molar-refractivity contribution < 1.29 is 19.2 Å². The van der Waals surface area contributed by atoms with Crippen LogP contribution in [0.2, 0.25) is 0 Å². The zero-order chi connectivity index (χ0) is 18.6. The van der Waals surface area contributed by atoms with Crippen LogP contribution in [0, 0.1) is 34.7 Å². The van der Waals surface area contributed by atoms with E-state index in [1.54, 1.807) is 11.8 Å². The molecule has 2 saturated carbocycles. The summed E-state index contributed by atoms with van der Waals surface area (Å²) in [5.74, 6) is -0.159. The molecule has 1 aliphatic heterocycles. The van der Waals surface area contributed by atoms with Crippen LogP contribution in [-0.4, -0.2) is 33.1 Å². The van der Waals surface area contributed by atoms with E-state index in [0.717, 1.165) is 31.3 Å². The van der Waals surface area contributed by atoms with Crippen LogP contribution < -0.4 is 0 Å². The summed E-state index contributed by atoms with van der Waals surface area (Å²) < 4.78 is 14.2. The van der Waals surface area contributed by atoms with Crippen molar-refractivity contribution in [2.24, 2.45) is 11.8 Å². The van der Waals surface area contributed by atoms with Crippen molar-refractivity contribution in [1.29, 1.82) is 0 Å². The molecule has 138 valence electrons. The zero-order valence-corrected chi connectivity index (χ0v) is 14.5. The van der Waals surface area contributed by atoms with Crippen molar-refractivity contribution in [2.45, 2.75) is 51.1 Å². The molecular weight excluding hydrogens is 339 g/mol. The van der Waals surface area contributed by atoms with E-state index in [-0.39, 0.29) is 12.1 Å². The van der Waals surface area contributed by atoms with Gasteiger partial charge in [0.05, 0.1) is 11.0 Å². The Bertz CT molecular complexity index is 814. The molecule has 1 aromatic rings. The van der Waals surface area contributed by atoms with Gasteiger partial charge in [0, 0.05) is 12.1 Å². The van der Waals surface area contributed by atoms with Crippen molar-refractivity contribution in [3.05, 3.63) is 45.3 Å². The third-order valence-corrected chi connectivity index (χ3v) is 5.81. The van der Waals surface area contributed by atoms with Crippen molar-refractivity contribution in [1.82, 2.24) is 4.90 Å². The second-order valence-electron chi connectivity index (χ2n) is 7.69. The van der Waals surface area contributed by atoms with Gasteiger partial charge in [-0.1, -0.05) is 6.08 Å². The van der Waals surface area contributed by atoms with Crippen LogP contribution >= 0.6 is 0 Å². The lowest BCUT2D eigenvalue weighted by atomic mass is 9.85. The Labute approximate surface area is 150 Å². The Kier molecular flexibility index (Phi) is 3.97. The second-order valence-corrected chi connectivity index (χ2v) is 7.69. The lowest BCUT2D eigenvalue weighted by molar-refractivity contribution is -0.387. The minimum Gasteiger partial charge on any atom is -0.465 e. The quantitative estimate of drug-likeness (QED) is 0.638. The number of carbonyl (C=O) groups is 1. The number of nitro benzene ring substituents is 1. The summed E-state index contributed by atoms with van der Waals surface area (Å²) in [4.78, 5) is 23.7. The third-order valence-electron chi connectivity index (χ3n) is 5.81. The zero-order valence-electron chi connectivity index (χ0n) is 14.5. The molecule has 26 heavy (non-hydrogen) atoms. The lowest BCUT2D eigenvalue weighted by Crippen LogP contribution is -2.50. The number of hydrogen-bond donors (Lipinski definition) is 1. The molecule has 3 aliphatic rings. The summed E-state index contributed by atoms with van der Waals surface area (Å²) in [6.45, 7) is 1.74. The number of hydrogen-bond acceptors (Lipinski definition) is 3. The number of nitrogens with zero attached hydrogens (tertiary/aromatic N) is 2. The molecular formula is C19H21FN2O4. The first-order chi connectivity index (χ1) is 12.4. The minimum atomic E-state index is -0.888. The standard InChI is InChI=1S/C19H21FN2O4/c1-10-6-18(22(25)26)15(20)9-14(10)13-7-16(11-2-3-11)21(19(23)24)17(8-13)12-4-5-12/h6-7,9,11-12,16-17H,2-5,8H2,1H3,(H,23,24)/t16-,17+/m0/s1. The molecule has 0 bridgehead atoms. The van der Waals surface area contributed by atoms with Crippen molar-refractivity contribution >= 4 is 17.4 Å². The Morgan fingerprint density at radius 2 is 1.92 bits per heavy atom. The molecule has 4 rings (SSSR count). The van der Waals surface area contributed by atoms with E-state index < -0.39 is 22.5 Å². The molecule has 1 heterocycles. The number of carboxylic acid groups (broad SMARTS) is 1. The van der Waals surface area contributed by atoms with Gasteiger partial charge in [0.15, 0.2) is 0 Å². The Balaban J connectivity index is 1.76. The number of rotatable bonds is 4. The van der Waals surface area contributed by atoms with Gasteiger partial charge in [0.1, 0.15) is 0 Å². The molecule has 1 amide bonds. The minimum absolute atomic E-state index is 0.0873. The van der Waals surface area contributed by atoms with Crippen molar-refractivity contribution in [3.8, 4) is 0 Å². The normalized spacial score (nSPS) is 25.8. The number of amides is 1. The van der Waals surface area contributed by atoms with Gasteiger partial charge in [-0.05, 0) is 73.6 Å². The van der Waals surface area contributed by atoms with E-state index in [9.17, 15) is 24.4 Å². The molecule has 0 unspecified atom stereocenters. The van der Waals surface area contributed by atoms with E-state index in [0.29, 0.717) is 29.4 Å². The molecule has 1 N–H and O–H groups in total. The number of benzene rings is 1. The maximum absolute atomic E-state index is 14.2. The topological polar surface area (TPSA) is 83.7 Å². The molecule has 1 aromatic carbocycles. The summed E-state index contributed by atoms with van der Waals surface area (Å²) >= 11 is 0. The fraction of sp³-hybridized carbons (Fsp3) is 0.526. The molecule has 2 fully saturated rings. The van der Waals surface area contributed by atoms with Crippen LogP contribution in [0.4, 0.5) is 14.9 Å². The summed E-state index contributed by atoms with van der Waals surface area (Å²) in [5.41, 5.74) is 1.71. The highest BCUT2D eigenvalue weighted by Gasteiger charge is 2.47. The van der Waals surface area contributed by atoms with Gasteiger partial charge in [-0.25, -0.2) is 4.79 Å². The molecule has 0 radical (unpaired) electrons. The molecule has 6 nitrogen and oxygen atoms in total. The van der Waals surface area contributed by atoms with Crippen LogP contribution in [0.5, 0.6) is 0 Å². The van der Waals surface area contributed by atoms with Crippen molar-refractivity contribution in [3.63, 3.8) is 0 Å². The fourth-order valence-corrected chi connectivity index (χ4v) is 4.20. The lowest BCUT2D eigenvalue weighted by Gasteiger charge is -2.40. The summed E-state index contributed by atoms with van der Waals surface area (Å²) in [6.07, 6.45) is 5.66. The van der Waals surface area contributed by atoms with E-state index in [1.807, 2.05) is 6.08 Å². The van der Waals surface area contributed by atoms with Crippen LogP contribution in [-0.2, 0) is 0 Å². The average molecular weight is 360 g/mol. The van der Waals surface area contributed by atoms with Gasteiger partial charge in [-0.3, -0.25) is 15.0 Å². The van der Waals surface area contributed by atoms with Crippen LogP contribution in [0.25, 0.3) is 5.57 Å². The molecule has 2 atom stereocenters. The highest BCUT2D eigenvalue weighted by molar-refractivity contribution is 5.75. The van der Waals surface area contributed by atoms with Gasteiger partial charge in [-0.2, -0.15) is 4.39 Å². The molecule has 0 saturated heterocycles. The van der Waals surface area contributed by atoms with Gasteiger partial charge >= 0.3 is 11.8 Å². The number of aryl methyl sites for hydroxylation is 1. The Morgan fingerprint density at radius 3 is 2.46 bits per heavy atom. The molecule has 0 spiro atoms.